The van der Waals surface area contributed by atoms with Gasteiger partial charge in [0.25, 0.3) is 0 Å². The summed E-state index contributed by atoms with van der Waals surface area (Å²) in [5.41, 5.74) is 16.5. The molecule has 0 saturated heterocycles. The number of carbonyl (C=O) groups is 1. The normalized spacial score (nSPS) is 18.4. The highest BCUT2D eigenvalue weighted by Gasteiger charge is 2.33. The molecule has 6 heterocycles. The molecule has 8 bridgehead atoms. The van der Waals surface area contributed by atoms with Crippen molar-refractivity contribution in [1.29, 1.82) is 0 Å². The number of carboxylic acid groups (broad SMARTS) is 1. The first kappa shape index (κ1) is 26.5. The lowest BCUT2D eigenvalue weighted by atomic mass is 9.85. The number of hydrogen-bond acceptors (Lipinski definition) is 4. The van der Waals surface area contributed by atoms with E-state index in [0.717, 1.165) is 74.4 Å². The van der Waals surface area contributed by atoms with Gasteiger partial charge in [0.05, 0.1) is 35.8 Å². The molecule has 3 aromatic heterocycles. The van der Waals surface area contributed by atoms with E-state index in [9.17, 15) is 9.90 Å². The molecule has 7 heteroatoms. The van der Waals surface area contributed by atoms with Gasteiger partial charge in [-0.1, -0.05) is 20.8 Å². The van der Waals surface area contributed by atoms with Gasteiger partial charge in [0.15, 0.2) is 0 Å². The van der Waals surface area contributed by atoms with Gasteiger partial charge in [-0.3, -0.25) is 9.78 Å². The predicted octanol–water partition coefficient (Wildman–Crippen LogP) is 7.62. The Kier molecular flexibility index (Phi) is 6.65. The highest BCUT2D eigenvalue weighted by Crippen LogP contribution is 2.43. The summed E-state index contributed by atoms with van der Waals surface area (Å²) in [4.78, 5) is 29.4. The molecule has 0 aliphatic carbocycles. The third-order valence-corrected chi connectivity index (χ3v) is 9.26. The molecule has 3 N–H and O–H groups in total. The van der Waals surface area contributed by atoms with Gasteiger partial charge in [-0.25, -0.2) is 4.98 Å². The Morgan fingerprint density at radius 1 is 0.950 bits per heavy atom. The number of rotatable bonds is 5. The molecule has 3 aliphatic heterocycles. The van der Waals surface area contributed by atoms with Gasteiger partial charge in [-0.15, -0.1) is 0 Å². The fraction of sp³-hybridized carbons (Fsp3) is 0.424. The molecule has 0 unspecified atom stereocenters. The standard InChI is InChI=1S/C33H38N4O3/c1-7-20-16(3)25-11-27-18(5)22(9-10-31(38)39)32(36-27)24-15-40-14-23-19(6)28(37-33(23)24)13-30-21(8-2)17(4)26(35-30)12-29(20)34-25/h11-13,18,22,34,37H,7-10,14-15H2,1-6H3,(H,38,39)/t18-,22-/m0/s1. The zero-order chi connectivity index (χ0) is 28.3. The number of aromatic nitrogens is 4. The average Bonchev–Trinajstić information content (AvgIpc) is 3.60. The molecule has 0 radical (unpaired) electrons. The molecule has 7 nitrogen and oxygen atoms in total. The van der Waals surface area contributed by atoms with E-state index in [1.54, 1.807) is 0 Å². The van der Waals surface area contributed by atoms with Gasteiger partial charge in [0.2, 0.25) is 0 Å². The van der Waals surface area contributed by atoms with Crippen molar-refractivity contribution in [2.45, 2.75) is 92.3 Å². The molecular weight excluding hydrogens is 500 g/mol. The van der Waals surface area contributed by atoms with Crippen LogP contribution in [0.15, 0.2) is 18.2 Å². The van der Waals surface area contributed by atoms with Crippen molar-refractivity contribution < 1.29 is 14.6 Å². The van der Waals surface area contributed by atoms with Crippen LogP contribution in [0.5, 0.6) is 0 Å². The van der Waals surface area contributed by atoms with Gasteiger partial charge in [0.1, 0.15) is 0 Å². The summed E-state index contributed by atoms with van der Waals surface area (Å²) in [6, 6.07) is 6.54. The van der Waals surface area contributed by atoms with Crippen molar-refractivity contribution >= 4 is 39.2 Å². The van der Waals surface area contributed by atoms with Crippen LogP contribution >= 0.6 is 0 Å². The molecule has 3 aromatic rings. The second kappa shape index (κ2) is 10.0. The number of ether oxygens (including phenoxy) is 1. The van der Waals surface area contributed by atoms with Gasteiger partial charge < -0.3 is 19.8 Å². The predicted molar refractivity (Wildman–Crippen MR) is 159 cm³/mol. The molecule has 208 valence electrons. The molecule has 0 aromatic carbocycles. The fourth-order valence-corrected chi connectivity index (χ4v) is 6.81. The van der Waals surface area contributed by atoms with E-state index in [0.29, 0.717) is 19.6 Å². The third-order valence-electron chi connectivity index (χ3n) is 9.26. The maximum Gasteiger partial charge on any atom is 0.303 e. The first-order chi connectivity index (χ1) is 19.2. The summed E-state index contributed by atoms with van der Waals surface area (Å²) in [6.07, 6.45) is 2.45. The van der Waals surface area contributed by atoms with Gasteiger partial charge >= 0.3 is 5.97 Å². The number of hydrogen-bond donors (Lipinski definition) is 3. The Morgan fingerprint density at radius 3 is 2.40 bits per heavy atom. The van der Waals surface area contributed by atoms with E-state index in [4.69, 9.17) is 14.7 Å². The monoisotopic (exact) mass is 538 g/mol. The van der Waals surface area contributed by atoms with E-state index in [1.165, 1.54) is 22.3 Å². The van der Waals surface area contributed by atoms with Crippen molar-refractivity contribution in [1.82, 2.24) is 19.9 Å². The van der Waals surface area contributed by atoms with Crippen LogP contribution in [0, 0.1) is 13.8 Å². The van der Waals surface area contributed by atoms with E-state index in [2.05, 4.69) is 69.7 Å². The second-order valence-electron chi connectivity index (χ2n) is 11.4. The highest BCUT2D eigenvalue weighted by molar-refractivity contribution is 5.93. The van der Waals surface area contributed by atoms with Crippen LogP contribution < -0.4 is 0 Å². The third kappa shape index (κ3) is 4.19. The first-order valence-electron chi connectivity index (χ1n) is 14.5. The number of carboxylic acids is 1. The van der Waals surface area contributed by atoms with Crippen LogP contribution in [0.1, 0.15) is 109 Å². The molecule has 3 aliphatic rings. The van der Waals surface area contributed by atoms with Crippen LogP contribution in [0.3, 0.4) is 0 Å². The van der Waals surface area contributed by atoms with Crippen molar-refractivity contribution in [2.24, 2.45) is 0 Å². The maximum atomic E-state index is 11.6. The highest BCUT2D eigenvalue weighted by atomic mass is 16.5. The van der Waals surface area contributed by atoms with Gasteiger partial charge in [-0.05, 0) is 86.1 Å². The Hall–Kier alpha value is -3.71. The van der Waals surface area contributed by atoms with E-state index in [1.807, 2.05) is 0 Å². The van der Waals surface area contributed by atoms with E-state index < -0.39 is 5.97 Å². The lowest BCUT2D eigenvalue weighted by molar-refractivity contribution is -0.137. The summed E-state index contributed by atoms with van der Waals surface area (Å²) in [5, 5.41) is 9.53. The number of fused-ring (bicyclic) bond motifs is 8. The maximum absolute atomic E-state index is 11.6. The number of aromatic amines is 2. The van der Waals surface area contributed by atoms with Crippen LogP contribution in [-0.4, -0.2) is 31.0 Å². The minimum atomic E-state index is -0.781. The Bertz CT molecular complexity index is 1740. The van der Waals surface area contributed by atoms with Crippen molar-refractivity contribution in [2.75, 3.05) is 0 Å². The lowest BCUT2D eigenvalue weighted by Gasteiger charge is -2.20. The number of allylic oxidation sites excluding steroid dienone is 2. The average molecular weight is 539 g/mol. The number of aliphatic carboxylic acids is 1. The zero-order valence-electron chi connectivity index (χ0n) is 24.3. The second-order valence-corrected chi connectivity index (χ2v) is 11.4. The van der Waals surface area contributed by atoms with Crippen LogP contribution in [-0.2, 0) is 29.2 Å². The number of nitrogens with one attached hydrogen (secondary N) is 2. The molecule has 40 heavy (non-hydrogen) atoms. The minimum Gasteiger partial charge on any atom is -0.481 e. The smallest absolute Gasteiger partial charge is 0.303 e. The molecule has 0 amide bonds. The van der Waals surface area contributed by atoms with Crippen molar-refractivity contribution in [3.8, 4) is 0 Å². The Labute approximate surface area is 234 Å². The fourth-order valence-electron chi connectivity index (χ4n) is 6.81. The summed E-state index contributed by atoms with van der Waals surface area (Å²) >= 11 is 0. The molecular formula is C33H38N4O3. The Balaban J connectivity index is 1.76. The van der Waals surface area contributed by atoms with Gasteiger partial charge in [-0.2, -0.15) is 0 Å². The Morgan fingerprint density at radius 2 is 1.68 bits per heavy atom. The lowest BCUT2D eigenvalue weighted by Crippen LogP contribution is -2.11. The minimum absolute atomic E-state index is 0.00112. The van der Waals surface area contributed by atoms with Crippen molar-refractivity contribution in [3.63, 3.8) is 0 Å². The summed E-state index contributed by atoms with van der Waals surface area (Å²) in [5.74, 6) is -0.700. The van der Waals surface area contributed by atoms with Crippen LogP contribution in [0.25, 0.3) is 33.2 Å². The number of H-pyrrole nitrogens is 2. The SMILES string of the molecule is CCC1=C(C)c2cc3[nH]c(cc4nc(c5c6[nH]c(cc1n2)c(C)c6COC5)[C@@H](CCC(=O)O)[C@@H]4C)c(C)c3CC. The summed E-state index contributed by atoms with van der Waals surface area (Å²) < 4.78 is 6.13. The van der Waals surface area contributed by atoms with E-state index in [-0.39, 0.29) is 18.3 Å². The molecule has 0 saturated carbocycles. The number of aryl methyl sites for hydroxylation is 3. The van der Waals surface area contributed by atoms with Gasteiger partial charge in [0, 0.05) is 51.6 Å². The zero-order valence-corrected chi connectivity index (χ0v) is 24.3. The largest absolute Gasteiger partial charge is 0.481 e. The van der Waals surface area contributed by atoms with Crippen molar-refractivity contribution in [3.05, 3.63) is 68.8 Å². The van der Waals surface area contributed by atoms with E-state index >= 15 is 0 Å². The first-order valence-corrected chi connectivity index (χ1v) is 14.5. The van der Waals surface area contributed by atoms with Crippen LogP contribution in [0.4, 0.5) is 0 Å². The molecule has 6 rings (SSSR count). The topological polar surface area (TPSA) is 104 Å². The molecule has 0 fully saturated rings. The summed E-state index contributed by atoms with van der Waals surface area (Å²) in [7, 11) is 0. The summed E-state index contributed by atoms with van der Waals surface area (Å²) in [6.45, 7) is 14.0. The molecule has 2 atom stereocenters. The number of nitrogens with zero attached hydrogens (tertiary/aromatic N) is 2. The van der Waals surface area contributed by atoms with Crippen LogP contribution in [0.2, 0.25) is 0 Å². The quantitative estimate of drug-likeness (QED) is 0.310. The molecule has 0 spiro atoms.